The number of fused-ring (bicyclic) bond motifs is 1. The molecule has 1 saturated heterocycles. The fraction of sp³-hybridized carbons (Fsp3) is 0.296. The molecule has 7 nitrogen and oxygen atoms in total. The summed E-state index contributed by atoms with van der Waals surface area (Å²) in [5.41, 5.74) is 5.64. The molecule has 8 heteroatoms. The maximum atomic E-state index is 13.1. The molecule has 0 radical (unpaired) electrons. The van der Waals surface area contributed by atoms with Gasteiger partial charge in [0.25, 0.3) is 5.91 Å². The number of para-hydroxylation sites is 2. The molecular weight excluding hydrogens is 460 g/mol. The molecule has 0 unspecified atom stereocenters. The Balaban J connectivity index is 1.36. The molecule has 3 heterocycles. The average molecular weight is 489 g/mol. The van der Waals surface area contributed by atoms with Crippen LogP contribution in [0.15, 0.2) is 54.7 Å². The number of aryl methyl sites for hydroxylation is 1. The normalized spacial score (nSPS) is 18.7. The van der Waals surface area contributed by atoms with Gasteiger partial charge in [-0.3, -0.25) is 9.69 Å². The summed E-state index contributed by atoms with van der Waals surface area (Å²) in [5, 5.41) is 3.28. The number of aromatic amines is 1. The summed E-state index contributed by atoms with van der Waals surface area (Å²) < 4.78 is 0. The fourth-order valence-corrected chi connectivity index (χ4v) is 4.87. The number of nitrogens with zero attached hydrogens (tertiary/aromatic N) is 4. The van der Waals surface area contributed by atoms with Crippen LogP contribution in [0.3, 0.4) is 0 Å². The number of rotatable bonds is 4. The number of imidazole rings is 1. The van der Waals surface area contributed by atoms with E-state index in [1.165, 1.54) is 0 Å². The maximum absolute atomic E-state index is 13.1. The van der Waals surface area contributed by atoms with Gasteiger partial charge in [-0.25, -0.2) is 9.97 Å². The number of hydrogen-bond donors (Lipinski definition) is 2. The van der Waals surface area contributed by atoms with Gasteiger partial charge in [0.05, 0.1) is 28.5 Å². The number of amides is 1. The molecule has 2 aromatic heterocycles. The highest BCUT2D eigenvalue weighted by Gasteiger charge is 2.27. The second kappa shape index (κ2) is 9.32. The van der Waals surface area contributed by atoms with Crippen LogP contribution in [0.2, 0.25) is 5.15 Å². The number of likely N-dealkylation sites (N-methyl/N-ethyl adjacent to an activating group) is 1. The quantitative estimate of drug-likeness (QED) is 0.378. The van der Waals surface area contributed by atoms with E-state index in [1.54, 1.807) is 12.3 Å². The summed E-state index contributed by atoms with van der Waals surface area (Å²) in [5.74, 6) is 0.421. The Hall–Kier alpha value is -3.42. The van der Waals surface area contributed by atoms with Crippen LogP contribution in [-0.2, 0) is 0 Å². The number of anilines is 2. The van der Waals surface area contributed by atoms with Crippen LogP contribution in [0.4, 0.5) is 11.4 Å². The molecule has 0 bridgehead atoms. The highest BCUT2D eigenvalue weighted by molar-refractivity contribution is 6.32. The van der Waals surface area contributed by atoms with Crippen LogP contribution < -0.4 is 10.2 Å². The highest BCUT2D eigenvalue weighted by atomic mass is 35.5. The van der Waals surface area contributed by atoms with Gasteiger partial charge >= 0.3 is 0 Å². The molecule has 1 fully saturated rings. The number of H-pyrrole nitrogens is 1. The predicted molar refractivity (Wildman–Crippen MR) is 142 cm³/mol. The van der Waals surface area contributed by atoms with Crippen LogP contribution in [0, 0.1) is 6.92 Å². The van der Waals surface area contributed by atoms with Crippen molar-refractivity contribution in [2.45, 2.75) is 32.9 Å². The van der Waals surface area contributed by atoms with Gasteiger partial charge in [-0.05, 0) is 69.8 Å². The zero-order chi connectivity index (χ0) is 24.7. The smallest absolute Gasteiger partial charge is 0.255 e. The van der Waals surface area contributed by atoms with Gasteiger partial charge in [0, 0.05) is 36.4 Å². The van der Waals surface area contributed by atoms with Crippen LogP contribution in [0.5, 0.6) is 0 Å². The third-order valence-corrected chi connectivity index (χ3v) is 7.22. The molecule has 1 amide bonds. The topological polar surface area (TPSA) is 77.2 Å². The number of aromatic nitrogens is 3. The molecule has 5 rings (SSSR count). The number of halogens is 1. The fourth-order valence-electron chi connectivity index (χ4n) is 4.68. The lowest BCUT2D eigenvalue weighted by Crippen LogP contribution is -2.55. The van der Waals surface area contributed by atoms with E-state index in [0.29, 0.717) is 39.9 Å². The highest BCUT2D eigenvalue weighted by Crippen LogP contribution is 2.29. The minimum atomic E-state index is -0.186. The van der Waals surface area contributed by atoms with Crippen molar-refractivity contribution in [3.63, 3.8) is 0 Å². The predicted octanol–water partition coefficient (Wildman–Crippen LogP) is 5.37. The lowest BCUT2D eigenvalue weighted by Gasteiger charge is -2.43. The number of carbonyl (C=O) groups is 1. The summed E-state index contributed by atoms with van der Waals surface area (Å²) in [6, 6.07) is 16.5. The molecule has 2 N–H and O–H groups in total. The average Bonchev–Trinajstić information content (AvgIpc) is 3.27. The Kier molecular flexibility index (Phi) is 6.21. The minimum absolute atomic E-state index is 0.186. The molecule has 0 spiro atoms. The lowest BCUT2D eigenvalue weighted by molar-refractivity contribution is 0.102. The Morgan fingerprint density at radius 1 is 1.11 bits per heavy atom. The first-order valence-corrected chi connectivity index (χ1v) is 12.2. The number of hydrogen-bond acceptors (Lipinski definition) is 5. The Labute approximate surface area is 210 Å². The van der Waals surface area contributed by atoms with Gasteiger partial charge in [-0.15, -0.1) is 0 Å². The molecular formula is C27H29ClN6O. The van der Waals surface area contributed by atoms with Crippen molar-refractivity contribution in [2.24, 2.45) is 0 Å². The van der Waals surface area contributed by atoms with Crippen molar-refractivity contribution in [1.29, 1.82) is 0 Å². The van der Waals surface area contributed by atoms with Crippen LogP contribution in [0.25, 0.3) is 22.4 Å². The number of carbonyl (C=O) groups excluding carboxylic acids is 1. The second-order valence-corrected chi connectivity index (χ2v) is 9.74. The summed E-state index contributed by atoms with van der Waals surface area (Å²) in [7, 11) is 2.18. The molecule has 35 heavy (non-hydrogen) atoms. The Morgan fingerprint density at radius 2 is 1.86 bits per heavy atom. The van der Waals surface area contributed by atoms with Gasteiger partial charge in [0.2, 0.25) is 0 Å². The van der Waals surface area contributed by atoms with Crippen LogP contribution in [-0.4, -0.2) is 58.0 Å². The monoisotopic (exact) mass is 488 g/mol. The van der Waals surface area contributed by atoms with E-state index in [1.807, 2.05) is 43.3 Å². The van der Waals surface area contributed by atoms with E-state index in [4.69, 9.17) is 11.6 Å². The van der Waals surface area contributed by atoms with Gasteiger partial charge in [0.15, 0.2) is 0 Å². The third-order valence-electron chi connectivity index (χ3n) is 6.92. The van der Waals surface area contributed by atoms with Gasteiger partial charge < -0.3 is 15.2 Å². The summed E-state index contributed by atoms with van der Waals surface area (Å²) in [4.78, 5) is 30.1. The lowest BCUT2D eigenvalue weighted by atomic mass is 10.0. The van der Waals surface area contributed by atoms with E-state index in [2.05, 4.69) is 57.0 Å². The second-order valence-electron chi connectivity index (χ2n) is 9.39. The Morgan fingerprint density at radius 3 is 2.57 bits per heavy atom. The van der Waals surface area contributed by atoms with Crippen molar-refractivity contribution in [3.8, 4) is 11.4 Å². The zero-order valence-corrected chi connectivity index (χ0v) is 21.1. The molecule has 1 aliphatic rings. The molecule has 2 aromatic carbocycles. The van der Waals surface area contributed by atoms with Crippen molar-refractivity contribution >= 4 is 39.9 Å². The number of pyridine rings is 1. The summed E-state index contributed by atoms with van der Waals surface area (Å²) in [6.45, 7) is 8.40. The summed E-state index contributed by atoms with van der Waals surface area (Å²) >= 11 is 6.37. The van der Waals surface area contributed by atoms with Crippen molar-refractivity contribution in [3.05, 3.63) is 71.0 Å². The SMILES string of the molecule is Cc1cc(N2C[C@@H](C)N(C)[C@@H](C)C2)ccc1C(=O)Nc1cnc(Cl)c(-c2nc3ccccc3[nH]2)c1. The van der Waals surface area contributed by atoms with Crippen molar-refractivity contribution < 1.29 is 4.79 Å². The molecule has 180 valence electrons. The van der Waals surface area contributed by atoms with Gasteiger partial charge in [-0.1, -0.05) is 23.7 Å². The zero-order valence-electron chi connectivity index (χ0n) is 20.3. The Bertz CT molecular complexity index is 1350. The van der Waals surface area contributed by atoms with Crippen molar-refractivity contribution in [2.75, 3.05) is 30.4 Å². The van der Waals surface area contributed by atoms with E-state index in [0.717, 1.165) is 35.4 Å². The van der Waals surface area contributed by atoms with E-state index >= 15 is 0 Å². The third kappa shape index (κ3) is 4.61. The molecule has 4 aromatic rings. The number of benzene rings is 2. The standard InChI is InChI=1S/C27H29ClN6O/c1-16-11-20(34-14-17(2)33(4)18(3)15-34)9-10-21(16)27(35)30-19-12-22(25(28)29-13-19)26-31-23-7-5-6-8-24(23)32-26/h5-13,17-18H,14-15H2,1-4H3,(H,30,35)(H,31,32)/t17-,18+. The largest absolute Gasteiger partial charge is 0.368 e. The molecule has 0 aliphatic carbocycles. The maximum Gasteiger partial charge on any atom is 0.255 e. The van der Waals surface area contributed by atoms with E-state index in [9.17, 15) is 4.79 Å². The van der Waals surface area contributed by atoms with Crippen molar-refractivity contribution in [1.82, 2.24) is 19.9 Å². The van der Waals surface area contributed by atoms with Gasteiger partial charge in [0.1, 0.15) is 11.0 Å². The number of nitrogens with one attached hydrogen (secondary N) is 2. The molecule has 2 atom stereocenters. The molecule has 0 saturated carbocycles. The first-order valence-electron chi connectivity index (χ1n) is 11.8. The summed E-state index contributed by atoms with van der Waals surface area (Å²) in [6.07, 6.45) is 1.56. The van der Waals surface area contributed by atoms with E-state index in [-0.39, 0.29) is 5.91 Å². The van der Waals surface area contributed by atoms with Crippen LogP contribution in [0.1, 0.15) is 29.8 Å². The minimum Gasteiger partial charge on any atom is -0.368 e. The number of piperazine rings is 1. The van der Waals surface area contributed by atoms with Gasteiger partial charge in [-0.2, -0.15) is 0 Å². The van der Waals surface area contributed by atoms with E-state index < -0.39 is 0 Å². The first kappa shape index (κ1) is 23.3. The van der Waals surface area contributed by atoms with Crippen LogP contribution >= 0.6 is 11.6 Å². The first-order chi connectivity index (χ1) is 16.8. The molecule has 1 aliphatic heterocycles.